The molecule has 0 heterocycles. The monoisotopic (exact) mass is 280 g/mol. The van der Waals surface area contributed by atoms with Crippen LogP contribution in [0.2, 0.25) is 0 Å². The molecule has 20 heavy (non-hydrogen) atoms. The molecule has 3 heteroatoms. The quantitative estimate of drug-likeness (QED) is 0.692. The van der Waals surface area contributed by atoms with E-state index in [0.29, 0.717) is 18.0 Å². The normalized spacial score (nSPS) is 18.0. The van der Waals surface area contributed by atoms with E-state index in [1.807, 2.05) is 0 Å². The van der Waals surface area contributed by atoms with E-state index in [1.165, 1.54) is 32.1 Å². The highest BCUT2D eigenvalue weighted by molar-refractivity contribution is 5.93. The molecule has 0 unspecified atom stereocenters. The first-order chi connectivity index (χ1) is 9.58. The number of nitrogens with one attached hydrogen (secondary N) is 1. The van der Waals surface area contributed by atoms with Crippen molar-refractivity contribution in [3.05, 3.63) is 12.2 Å². The van der Waals surface area contributed by atoms with Crippen LogP contribution >= 0.6 is 0 Å². The highest BCUT2D eigenvalue weighted by Gasteiger charge is 2.20. The van der Waals surface area contributed by atoms with Crippen LogP contribution in [0.3, 0.4) is 0 Å². The average Bonchev–Trinajstić information content (AvgIpc) is 2.50. The zero-order valence-corrected chi connectivity index (χ0v) is 13.6. The molecule has 1 atom stereocenters. The smallest absolute Gasteiger partial charge is 0.247 e. The largest absolute Gasteiger partial charge is 0.352 e. The van der Waals surface area contributed by atoms with E-state index < -0.39 is 0 Å². The lowest BCUT2D eigenvalue weighted by atomic mass is 9.81. The van der Waals surface area contributed by atoms with E-state index >= 15 is 0 Å². The number of rotatable bonds is 8. The number of hydrogen-bond acceptors (Lipinski definition) is 2. The molecule has 0 aromatic carbocycles. The number of hydrogen-bond donors (Lipinski definition) is 1. The minimum Gasteiger partial charge on any atom is -0.352 e. The van der Waals surface area contributed by atoms with E-state index in [4.69, 9.17) is 0 Å². The lowest BCUT2D eigenvalue weighted by Crippen LogP contribution is -2.36. The molecule has 116 valence electrons. The Kier molecular flexibility index (Phi) is 7.90. The maximum absolute atomic E-state index is 12.1. The summed E-state index contributed by atoms with van der Waals surface area (Å²) in [5.41, 5.74) is 0.685. The van der Waals surface area contributed by atoms with E-state index in [0.717, 1.165) is 25.6 Å². The Morgan fingerprint density at radius 1 is 1.25 bits per heavy atom. The summed E-state index contributed by atoms with van der Waals surface area (Å²) in [7, 11) is 0. The van der Waals surface area contributed by atoms with Crippen molar-refractivity contribution in [1.82, 2.24) is 10.2 Å². The molecule has 0 aliphatic heterocycles. The number of likely N-dealkylation sites (N-methyl/N-ethyl adjacent to an activating group) is 1. The standard InChI is InChI=1S/C17H32N2O/c1-5-19(6-2)13-15(4)17(20)18-12-14(3)16-10-8-7-9-11-16/h14,16H,4-13H2,1-3H3,(H,18,20)/t14-/m1/s1. The number of carbonyl (C=O) groups excluding carboxylic acids is 1. The van der Waals surface area contributed by atoms with Gasteiger partial charge < -0.3 is 5.32 Å². The van der Waals surface area contributed by atoms with Crippen LogP contribution in [-0.2, 0) is 4.79 Å². The fraction of sp³-hybridized carbons (Fsp3) is 0.824. The molecule has 1 saturated carbocycles. The molecule has 1 rings (SSSR count). The van der Waals surface area contributed by atoms with Crippen LogP contribution in [0.15, 0.2) is 12.2 Å². The SMILES string of the molecule is C=C(CN(CC)CC)C(=O)NC[C@@H](C)C1CCCCC1. The molecule has 0 aromatic rings. The molecule has 0 radical (unpaired) electrons. The van der Waals surface area contributed by atoms with Crippen LogP contribution in [0.1, 0.15) is 52.9 Å². The average molecular weight is 280 g/mol. The lowest BCUT2D eigenvalue weighted by molar-refractivity contribution is -0.118. The van der Waals surface area contributed by atoms with Gasteiger partial charge in [0, 0.05) is 18.7 Å². The maximum atomic E-state index is 12.1. The molecule has 1 fully saturated rings. The van der Waals surface area contributed by atoms with Gasteiger partial charge in [-0.15, -0.1) is 0 Å². The van der Waals surface area contributed by atoms with Gasteiger partial charge in [0.2, 0.25) is 5.91 Å². The van der Waals surface area contributed by atoms with Gasteiger partial charge in [-0.2, -0.15) is 0 Å². The Bertz CT molecular complexity index is 304. The lowest BCUT2D eigenvalue weighted by Gasteiger charge is -2.28. The number of carbonyl (C=O) groups is 1. The predicted octanol–water partition coefficient (Wildman–Crippen LogP) is 3.22. The summed E-state index contributed by atoms with van der Waals surface area (Å²) in [6, 6.07) is 0. The fourth-order valence-electron chi connectivity index (χ4n) is 3.04. The van der Waals surface area contributed by atoms with Crippen molar-refractivity contribution in [1.29, 1.82) is 0 Å². The van der Waals surface area contributed by atoms with Crippen molar-refractivity contribution < 1.29 is 4.79 Å². The predicted molar refractivity (Wildman–Crippen MR) is 85.7 cm³/mol. The summed E-state index contributed by atoms with van der Waals surface area (Å²) in [6.45, 7) is 13.8. The number of amides is 1. The van der Waals surface area contributed by atoms with Gasteiger partial charge in [-0.3, -0.25) is 9.69 Å². The third-order valence-electron chi connectivity index (χ3n) is 4.67. The molecular formula is C17H32N2O. The van der Waals surface area contributed by atoms with E-state index in [1.54, 1.807) is 0 Å². The molecule has 1 aliphatic carbocycles. The second-order valence-electron chi connectivity index (χ2n) is 6.15. The summed E-state index contributed by atoms with van der Waals surface area (Å²) in [5.74, 6) is 1.40. The van der Waals surface area contributed by atoms with Crippen molar-refractivity contribution >= 4 is 5.91 Å². The molecule has 1 amide bonds. The van der Waals surface area contributed by atoms with Crippen molar-refractivity contribution in [3.8, 4) is 0 Å². The van der Waals surface area contributed by atoms with Gasteiger partial charge in [0.1, 0.15) is 0 Å². The maximum Gasteiger partial charge on any atom is 0.247 e. The molecular weight excluding hydrogens is 248 g/mol. The zero-order chi connectivity index (χ0) is 15.0. The van der Waals surface area contributed by atoms with Gasteiger partial charge >= 0.3 is 0 Å². The minimum absolute atomic E-state index is 0.0274. The van der Waals surface area contributed by atoms with Crippen molar-refractivity contribution in [3.63, 3.8) is 0 Å². The van der Waals surface area contributed by atoms with Gasteiger partial charge in [0.15, 0.2) is 0 Å². The van der Waals surface area contributed by atoms with Crippen molar-refractivity contribution in [2.45, 2.75) is 52.9 Å². The first kappa shape index (κ1) is 17.2. The van der Waals surface area contributed by atoms with Gasteiger partial charge in [-0.1, -0.05) is 59.5 Å². The Balaban J connectivity index is 2.29. The van der Waals surface area contributed by atoms with E-state index in [-0.39, 0.29) is 5.91 Å². The molecule has 0 spiro atoms. The summed E-state index contributed by atoms with van der Waals surface area (Å²) in [4.78, 5) is 14.3. The second-order valence-corrected chi connectivity index (χ2v) is 6.15. The minimum atomic E-state index is 0.0274. The Labute approximate surface area is 124 Å². The number of nitrogens with zero attached hydrogens (tertiary/aromatic N) is 1. The second kappa shape index (κ2) is 9.17. The van der Waals surface area contributed by atoms with Crippen LogP contribution in [-0.4, -0.2) is 37.0 Å². The first-order valence-corrected chi connectivity index (χ1v) is 8.26. The van der Waals surface area contributed by atoms with Crippen LogP contribution < -0.4 is 5.32 Å². The highest BCUT2D eigenvalue weighted by Crippen LogP contribution is 2.29. The van der Waals surface area contributed by atoms with Gasteiger partial charge in [-0.25, -0.2) is 0 Å². The summed E-state index contributed by atoms with van der Waals surface area (Å²) in [6.07, 6.45) is 6.76. The Hall–Kier alpha value is -0.830. The van der Waals surface area contributed by atoms with Crippen LogP contribution in [0.5, 0.6) is 0 Å². The van der Waals surface area contributed by atoms with Gasteiger partial charge in [0.05, 0.1) is 0 Å². The summed E-state index contributed by atoms with van der Waals surface area (Å²) >= 11 is 0. The Morgan fingerprint density at radius 2 is 1.85 bits per heavy atom. The highest BCUT2D eigenvalue weighted by atomic mass is 16.1. The topological polar surface area (TPSA) is 32.3 Å². The van der Waals surface area contributed by atoms with E-state index in [9.17, 15) is 4.79 Å². The third kappa shape index (κ3) is 5.66. The van der Waals surface area contributed by atoms with Crippen LogP contribution in [0.4, 0.5) is 0 Å². The fourth-order valence-corrected chi connectivity index (χ4v) is 3.04. The van der Waals surface area contributed by atoms with Crippen molar-refractivity contribution in [2.75, 3.05) is 26.2 Å². The van der Waals surface area contributed by atoms with Crippen LogP contribution in [0, 0.1) is 11.8 Å². The molecule has 0 saturated heterocycles. The van der Waals surface area contributed by atoms with Gasteiger partial charge in [-0.05, 0) is 24.9 Å². The third-order valence-corrected chi connectivity index (χ3v) is 4.67. The summed E-state index contributed by atoms with van der Waals surface area (Å²) in [5, 5.41) is 3.07. The molecule has 0 bridgehead atoms. The molecule has 1 aliphatic rings. The van der Waals surface area contributed by atoms with Crippen molar-refractivity contribution in [2.24, 2.45) is 11.8 Å². The first-order valence-electron chi connectivity index (χ1n) is 8.26. The van der Waals surface area contributed by atoms with Gasteiger partial charge in [0.25, 0.3) is 0 Å². The molecule has 3 nitrogen and oxygen atoms in total. The van der Waals surface area contributed by atoms with E-state index in [2.05, 4.69) is 37.6 Å². The van der Waals surface area contributed by atoms with Crippen LogP contribution in [0.25, 0.3) is 0 Å². The summed E-state index contributed by atoms with van der Waals surface area (Å²) < 4.78 is 0. The molecule has 1 N–H and O–H groups in total. The Morgan fingerprint density at radius 3 is 2.40 bits per heavy atom. The zero-order valence-electron chi connectivity index (χ0n) is 13.6. The molecule has 0 aromatic heterocycles.